The van der Waals surface area contributed by atoms with Gasteiger partial charge in [-0.1, -0.05) is 55.9 Å². The number of aliphatic imine (C=N–C) groups is 1. The first kappa shape index (κ1) is 18.4. The van der Waals surface area contributed by atoms with Crippen molar-refractivity contribution in [2.24, 2.45) is 16.8 Å². The van der Waals surface area contributed by atoms with Crippen molar-refractivity contribution in [3.8, 4) is 0 Å². The van der Waals surface area contributed by atoms with Crippen molar-refractivity contribution in [2.45, 2.75) is 78.1 Å². The number of aryl methyl sites for hydroxylation is 1. The highest BCUT2D eigenvalue weighted by Gasteiger charge is 2.29. The molecule has 1 aromatic rings. The van der Waals surface area contributed by atoms with E-state index in [0.717, 1.165) is 23.5 Å². The van der Waals surface area contributed by atoms with Crippen LogP contribution < -0.4 is 0 Å². The molecule has 2 atom stereocenters. The Balaban J connectivity index is 1.78. The van der Waals surface area contributed by atoms with Gasteiger partial charge >= 0.3 is 0 Å². The van der Waals surface area contributed by atoms with Gasteiger partial charge in [-0.2, -0.15) is 0 Å². The Bertz CT molecular complexity index is 644. The van der Waals surface area contributed by atoms with E-state index < -0.39 is 0 Å². The molecule has 2 aliphatic carbocycles. The number of hydrogen-bond donors (Lipinski definition) is 0. The monoisotopic (exact) mass is 337 g/mol. The number of allylic oxidation sites excluding steroid dienone is 2. The Morgan fingerprint density at radius 3 is 2.48 bits per heavy atom. The molecule has 0 N–H and O–H groups in total. The van der Waals surface area contributed by atoms with E-state index in [4.69, 9.17) is 0 Å². The number of nitrogens with zero attached hydrogens (tertiary/aromatic N) is 1. The van der Waals surface area contributed by atoms with Crippen LogP contribution in [0.1, 0.15) is 87.8 Å². The van der Waals surface area contributed by atoms with Crippen LogP contribution in [0.15, 0.2) is 34.8 Å². The third-order valence-electron chi connectivity index (χ3n) is 6.17. The first-order valence-corrected chi connectivity index (χ1v) is 10.3. The van der Waals surface area contributed by atoms with E-state index in [1.54, 1.807) is 5.56 Å². The van der Waals surface area contributed by atoms with Crippen LogP contribution in [0, 0.1) is 18.8 Å². The van der Waals surface area contributed by atoms with Crippen molar-refractivity contribution >= 4 is 5.71 Å². The van der Waals surface area contributed by atoms with E-state index in [1.807, 2.05) is 7.05 Å². The molecule has 0 aromatic heterocycles. The lowest BCUT2D eigenvalue weighted by Crippen LogP contribution is -2.18. The minimum absolute atomic E-state index is 0.783. The van der Waals surface area contributed by atoms with Crippen molar-refractivity contribution in [2.75, 3.05) is 7.05 Å². The summed E-state index contributed by atoms with van der Waals surface area (Å²) in [5, 5.41) is 0. The highest BCUT2D eigenvalue weighted by atomic mass is 14.7. The molecule has 0 saturated heterocycles. The molecule has 1 aromatic carbocycles. The number of benzene rings is 1. The van der Waals surface area contributed by atoms with Crippen LogP contribution in [-0.4, -0.2) is 12.8 Å². The summed E-state index contributed by atoms with van der Waals surface area (Å²) < 4.78 is 0. The van der Waals surface area contributed by atoms with E-state index in [2.05, 4.69) is 50.0 Å². The zero-order valence-corrected chi connectivity index (χ0v) is 16.6. The van der Waals surface area contributed by atoms with Crippen molar-refractivity contribution in [3.05, 3.63) is 46.5 Å². The predicted molar refractivity (Wildman–Crippen MR) is 110 cm³/mol. The third kappa shape index (κ3) is 4.84. The van der Waals surface area contributed by atoms with E-state index in [1.165, 1.54) is 68.1 Å². The van der Waals surface area contributed by atoms with Gasteiger partial charge in [0, 0.05) is 12.6 Å². The van der Waals surface area contributed by atoms with Crippen molar-refractivity contribution in [3.63, 3.8) is 0 Å². The lowest BCUT2D eigenvalue weighted by atomic mass is 9.73. The maximum atomic E-state index is 4.51. The summed E-state index contributed by atoms with van der Waals surface area (Å²) in [6.45, 7) is 6.54. The fourth-order valence-corrected chi connectivity index (χ4v) is 4.59. The van der Waals surface area contributed by atoms with Gasteiger partial charge in [0.05, 0.1) is 5.71 Å². The second-order valence-corrected chi connectivity index (χ2v) is 8.58. The molecular weight excluding hydrogens is 302 g/mol. The molecule has 2 aliphatic rings. The first-order chi connectivity index (χ1) is 12.1. The van der Waals surface area contributed by atoms with E-state index >= 15 is 0 Å². The maximum absolute atomic E-state index is 4.51. The summed E-state index contributed by atoms with van der Waals surface area (Å²) in [5.74, 6) is 2.77. The van der Waals surface area contributed by atoms with E-state index in [0.29, 0.717) is 0 Å². The second kappa shape index (κ2) is 8.34. The largest absolute Gasteiger partial charge is 0.288 e. The van der Waals surface area contributed by atoms with Crippen molar-refractivity contribution in [1.82, 2.24) is 0 Å². The molecule has 1 heteroatoms. The molecule has 136 valence electrons. The fraction of sp³-hybridized carbons (Fsp3) is 0.625. The van der Waals surface area contributed by atoms with Crippen LogP contribution in [0.4, 0.5) is 0 Å². The minimum Gasteiger partial charge on any atom is -0.288 e. The lowest BCUT2D eigenvalue weighted by molar-refractivity contribution is 0.281. The van der Waals surface area contributed by atoms with Gasteiger partial charge in [0.1, 0.15) is 0 Å². The van der Waals surface area contributed by atoms with Gasteiger partial charge in [-0.3, -0.25) is 4.99 Å². The SMILES string of the molecule is CN=C(C=C(C)C)c1ccc(C2CCCCC2CCC2CC2)cc1C. The molecule has 2 unspecified atom stereocenters. The first-order valence-electron chi connectivity index (χ1n) is 10.3. The Hall–Kier alpha value is -1.37. The third-order valence-corrected chi connectivity index (χ3v) is 6.17. The van der Waals surface area contributed by atoms with Gasteiger partial charge in [-0.15, -0.1) is 0 Å². The Labute approximate surface area is 154 Å². The van der Waals surface area contributed by atoms with Gasteiger partial charge < -0.3 is 0 Å². The molecule has 25 heavy (non-hydrogen) atoms. The Morgan fingerprint density at radius 2 is 1.84 bits per heavy atom. The average molecular weight is 338 g/mol. The van der Waals surface area contributed by atoms with E-state index in [-0.39, 0.29) is 0 Å². The number of rotatable bonds is 6. The lowest BCUT2D eigenvalue weighted by Gasteiger charge is -2.32. The van der Waals surface area contributed by atoms with Gasteiger partial charge in [-0.05, 0) is 75.0 Å². The van der Waals surface area contributed by atoms with Gasteiger partial charge in [0.2, 0.25) is 0 Å². The molecule has 1 nitrogen and oxygen atoms in total. The molecule has 0 aliphatic heterocycles. The normalized spacial score (nSPS) is 24.2. The summed E-state index contributed by atoms with van der Waals surface area (Å²) in [6.07, 6.45) is 13.8. The molecule has 0 radical (unpaired) electrons. The smallest absolute Gasteiger partial charge is 0.0645 e. The van der Waals surface area contributed by atoms with Crippen LogP contribution in [0.5, 0.6) is 0 Å². The minimum atomic E-state index is 0.783. The van der Waals surface area contributed by atoms with E-state index in [9.17, 15) is 0 Å². The standard InChI is InChI=1S/C24H35N/c1-17(2)15-24(25-4)22-14-13-21(16-18(22)3)23-8-6-5-7-20(23)12-11-19-9-10-19/h13-16,19-20,23H,5-12H2,1-4H3. The molecule has 2 fully saturated rings. The molecule has 3 rings (SSSR count). The summed E-state index contributed by atoms with van der Waals surface area (Å²) in [4.78, 5) is 4.51. The quantitative estimate of drug-likeness (QED) is 0.504. The van der Waals surface area contributed by atoms with Gasteiger partial charge in [0.15, 0.2) is 0 Å². The molecule has 0 heterocycles. The maximum Gasteiger partial charge on any atom is 0.0645 e. The van der Waals surface area contributed by atoms with Crippen LogP contribution in [0.2, 0.25) is 0 Å². The Morgan fingerprint density at radius 1 is 1.08 bits per heavy atom. The summed E-state index contributed by atoms with van der Waals surface area (Å²) >= 11 is 0. The fourth-order valence-electron chi connectivity index (χ4n) is 4.59. The summed E-state index contributed by atoms with van der Waals surface area (Å²) in [6, 6.07) is 7.17. The molecular formula is C24H35N. The average Bonchev–Trinajstić information content (AvgIpc) is 3.42. The molecule has 0 bridgehead atoms. The molecule has 2 saturated carbocycles. The van der Waals surface area contributed by atoms with Crippen LogP contribution in [0.3, 0.4) is 0 Å². The molecule has 0 amide bonds. The Kier molecular flexibility index (Phi) is 6.15. The summed E-state index contributed by atoms with van der Waals surface area (Å²) in [7, 11) is 1.90. The van der Waals surface area contributed by atoms with Crippen molar-refractivity contribution < 1.29 is 0 Å². The van der Waals surface area contributed by atoms with Gasteiger partial charge in [-0.25, -0.2) is 0 Å². The molecule has 0 spiro atoms. The summed E-state index contributed by atoms with van der Waals surface area (Å²) in [5.41, 5.74) is 6.66. The highest BCUT2D eigenvalue weighted by Crippen LogP contribution is 2.43. The van der Waals surface area contributed by atoms with Crippen LogP contribution >= 0.6 is 0 Å². The topological polar surface area (TPSA) is 12.4 Å². The number of hydrogen-bond acceptors (Lipinski definition) is 1. The second-order valence-electron chi connectivity index (χ2n) is 8.58. The zero-order chi connectivity index (χ0) is 17.8. The highest BCUT2D eigenvalue weighted by molar-refractivity contribution is 6.09. The van der Waals surface area contributed by atoms with Crippen molar-refractivity contribution in [1.29, 1.82) is 0 Å². The van der Waals surface area contributed by atoms with Crippen LogP contribution in [0.25, 0.3) is 0 Å². The predicted octanol–water partition coefficient (Wildman–Crippen LogP) is 6.84. The zero-order valence-electron chi connectivity index (χ0n) is 16.6. The van der Waals surface area contributed by atoms with Crippen LogP contribution in [-0.2, 0) is 0 Å². The van der Waals surface area contributed by atoms with Gasteiger partial charge in [0.25, 0.3) is 0 Å².